The first-order valence-corrected chi connectivity index (χ1v) is 6.67. The van der Waals surface area contributed by atoms with Crippen LogP contribution < -0.4 is 5.76 Å². The number of rotatable bonds is 3. The number of nitrogens with zero attached hydrogens (tertiary/aromatic N) is 2. The lowest BCUT2D eigenvalue weighted by Crippen LogP contribution is -2.20. The summed E-state index contributed by atoms with van der Waals surface area (Å²) in [5.41, 5.74) is 1.29. The normalized spacial score (nSPS) is 10.8. The third kappa shape index (κ3) is 2.30. The van der Waals surface area contributed by atoms with E-state index in [1.165, 1.54) is 4.57 Å². The number of benzene rings is 1. The van der Waals surface area contributed by atoms with Crippen molar-refractivity contribution in [3.8, 4) is 0 Å². The van der Waals surface area contributed by atoms with Crippen molar-refractivity contribution in [2.24, 2.45) is 0 Å². The van der Waals surface area contributed by atoms with Gasteiger partial charge in [-0.05, 0) is 24.3 Å². The van der Waals surface area contributed by atoms with Gasteiger partial charge in [-0.25, -0.2) is 9.78 Å². The van der Waals surface area contributed by atoms with E-state index < -0.39 is 5.76 Å². The molecule has 20 heavy (non-hydrogen) atoms. The van der Waals surface area contributed by atoms with Crippen LogP contribution in [0, 0.1) is 0 Å². The Morgan fingerprint density at radius 2 is 2.00 bits per heavy atom. The van der Waals surface area contributed by atoms with Crippen molar-refractivity contribution in [3.63, 3.8) is 0 Å². The Morgan fingerprint density at radius 3 is 2.75 bits per heavy atom. The Hall–Kier alpha value is -2.21. The van der Waals surface area contributed by atoms with Crippen LogP contribution in [0.3, 0.4) is 0 Å². The number of halogens is 1. The summed E-state index contributed by atoms with van der Waals surface area (Å²) >= 11 is 3.31. The average Bonchev–Trinajstić information content (AvgIpc) is 2.76. The second kappa shape index (κ2) is 5.05. The Morgan fingerprint density at radius 1 is 1.25 bits per heavy atom. The van der Waals surface area contributed by atoms with E-state index in [1.54, 1.807) is 42.6 Å². The van der Waals surface area contributed by atoms with Gasteiger partial charge in [-0.15, -0.1) is 0 Å². The lowest BCUT2D eigenvalue weighted by molar-refractivity contribution is 0.0970. The maximum Gasteiger partial charge on any atom is 0.421 e. The Labute approximate surface area is 122 Å². The summed E-state index contributed by atoms with van der Waals surface area (Å²) in [7, 11) is 0. The summed E-state index contributed by atoms with van der Waals surface area (Å²) in [6.45, 7) is -0.0928. The largest absolute Gasteiger partial charge is 0.421 e. The molecule has 3 aromatic rings. The molecule has 0 saturated carbocycles. The molecule has 0 amide bonds. The number of aromatic nitrogens is 2. The number of Topliss-reactive ketones (excluding diaryl/α,β-unsaturated/α-hetero) is 1. The smallest absolute Gasteiger partial charge is 0.406 e. The monoisotopic (exact) mass is 332 g/mol. The predicted molar refractivity (Wildman–Crippen MR) is 76.7 cm³/mol. The average molecular weight is 333 g/mol. The molecule has 0 radical (unpaired) electrons. The predicted octanol–water partition coefficient (Wildman–Crippen LogP) is 2.63. The molecule has 2 aromatic heterocycles. The Kier molecular flexibility index (Phi) is 3.23. The van der Waals surface area contributed by atoms with Crippen molar-refractivity contribution in [2.45, 2.75) is 6.54 Å². The van der Waals surface area contributed by atoms with E-state index in [0.717, 1.165) is 4.47 Å². The number of fused-ring (bicyclic) bond motifs is 1. The molecule has 0 fully saturated rings. The van der Waals surface area contributed by atoms with Crippen molar-refractivity contribution < 1.29 is 9.21 Å². The van der Waals surface area contributed by atoms with E-state index in [2.05, 4.69) is 20.9 Å². The van der Waals surface area contributed by atoms with Crippen LogP contribution in [0.2, 0.25) is 0 Å². The summed E-state index contributed by atoms with van der Waals surface area (Å²) < 4.78 is 7.17. The van der Waals surface area contributed by atoms with E-state index in [0.29, 0.717) is 16.8 Å². The van der Waals surface area contributed by atoms with Crippen LogP contribution >= 0.6 is 15.9 Å². The number of carbonyl (C=O) groups excluding carboxylic acids is 1. The van der Waals surface area contributed by atoms with Crippen molar-refractivity contribution in [3.05, 3.63) is 63.2 Å². The third-order valence-corrected chi connectivity index (χ3v) is 3.42. The van der Waals surface area contributed by atoms with Crippen LogP contribution in [0.4, 0.5) is 0 Å². The minimum atomic E-state index is -0.579. The lowest BCUT2D eigenvalue weighted by atomic mass is 10.1. The van der Waals surface area contributed by atoms with Gasteiger partial charge in [-0.1, -0.05) is 28.1 Å². The first-order chi connectivity index (χ1) is 9.65. The van der Waals surface area contributed by atoms with E-state index in [1.807, 2.05) is 0 Å². The van der Waals surface area contributed by atoms with Crippen LogP contribution in [0.15, 0.2) is 56.3 Å². The topological polar surface area (TPSA) is 65.1 Å². The molecule has 5 nitrogen and oxygen atoms in total. The molecule has 0 bridgehead atoms. The molecule has 6 heteroatoms. The van der Waals surface area contributed by atoms with Gasteiger partial charge in [-0.3, -0.25) is 9.36 Å². The standard InChI is InChI=1S/C14H9BrN2O3/c15-10-5-3-9(4-6-10)11(18)8-17-13-12(20-14(17)19)2-1-7-16-13/h1-7H,8H2. The zero-order chi connectivity index (χ0) is 14.1. The molecule has 0 aliphatic heterocycles. The zero-order valence-corrected chi connectivity index (χ0v) is 11.8. The molecule has 0 saturated heterocycles. The summed E-state index contributed by atoms with van der Waals surface area (Å²) in [5.74, 6) is -0.753. The molecule has 1 aromatic carbocycles. The molecule has 3 rings (SSSR count). The Balaban J connectivity index is 1.97. The number of ketones is 1. The van der Waals surface area contributed by atoms with Gasteiger partial charge >= 0.3 is 5.76 Å². The number of oxazole rings is 1. The van der Waals surface area contributed by atoms with E-state index in [-0.39, 0.29) is 12.3 Å². The quantitative estimate of drug-likeness (QED) is 0.691. The molecular weight excluding hydrogens is 324 g/mol. The fourth-order valence-corrected chi connectivity index (χ4v) is 2.17. The van der Waals surface area contributed by atoms with E-state index in [4.69, 9.17) is 4.42 Å². The Bertz CT molecular complexity index is 833. The highest BCUT2D eigenvalue weighted by Crippen LogP contribution is 2.13. The maximum atomic E-state index is 12.2. The highest BCUT2D eigenvalue weighted by Gasteiger charge is 2.14. The fourth-order valence-electron chi connectivity index (χ4n) is 1.91. The highest BCUT2D eigenvalue weighted by atomic mass is 79.9. The summed E-state index contributed by atoms with van der Waals surface area (Å²) in [6.07, 6.45) is 1.55. The van der Waals surface area contributed by atoms with Gasteiger partial charge in [0.05, 0.1) is 6.54 Å². The number of pyridine rings is 1. The second-order valence-electron chi connectivity index (χ2n) is 4.21. The maximum absolute atomic E-state index is 12.2. The summed E-state index contributed by atoms with van der Waals surface area (Å²) in [5, 5.41) is 0. The molecule has 0 unspecified atom stereocenters. The lowest BCUT2D eigenvalue weighted by Gasteiger charge is -2.01. The van der Waals surface area contributed by atoms with Gasteiger partial charge in [-0.2, -0.15) is 0 Å². The summed E-state index contributed by atoms with van der Waals surface area (Å²) in [4.78, 5) is 28.0. The number of hydrogen-bond acceptors (Lipinski definition) is 4. The van der Waals surface area contributed by atoms with Gasteiger partial charge in [0.2, 0.25) is 0 Å². The van der Waals surface area contributed by atoms with E-state index in [9.17, 15) is 9.59 Å². The van der Waals surface area contributed by atoms with Crippen molar-refractivity contribution >= 4 is 32.9 Å². The van der Waals surface area contributed by atoms with Gasteiger partial charge in [0.25, 0.3) is 0 Å². The molecule has 0 N–H and O–H groups in total. The van der Waals surface area contributed by atoms with E-state index >= 15 is 0 Å². The minimum absolute atomic E-state index is 0.0928. The van der Waals surface area contributed by atoms with Crippen LogP contribution in [-0.2, 0) is 6.54 Å². The van der Waals surface area contributed by atoms with Crippen LogP contribution in [0.5, 0.6) is 0 Å². The second-order valence-corrected chi connectivity index (χ2v) is 5.13. The fraction of sp³-hybridized carbons (Fsp3) is 0.0714. The highest BCUT2D eigenvalue weighted by molar-refractivity contribution is 9.10. The molecular formula is C14H9BrN2O3. The molecule has 100 valence electrons. The van der Waals surface area contributed by atoms with Gasteiger partial charge in [0, 0.05) is 16.2 Å². The van der Waals surface area contributed by atoms with Gasteiger partial charge < -0.3 is 4.42 Å². The summed E-state index contributed by atoms with van der Waals surface area (Å²) in [6, 6.07) is 10.3. The third-order valence-electron chi connectivity index (χ3n) is 2.89. The SMILES string of the molecule is O=C(Cn1c(=O)oc2cccnc21)c1ccc(Br)cc1. The number of carbonyl (C=O) groups is 1. The van der Waals surface area contributed by atoms with Crippen molar-refractivity contribution in [1.82, 2.24) is 9.55 Å². The van der Waals surface area contributed by atoms with Gasteiger partial charge in [0.1, 0.15) is 0 Å². The minimum Gasteiger partial charge on any atom is -0.406 e. The van der Waals surface area contributed by atoms with Crippen LogP contribution in [-0.4, -0.2) is 15.3 Å². The number of hydrogen-bond donors (Lipinski definition) is 0. The molecule has 0 aliphatic carbocycles. The van der Waals surface area contributed by atoms with Gasteiger partial charge in [0.15, 0.2) is 17.0 Å². The molecule has 0 spiro atoms. The van der Waals surface area contributed by atoms with Crippen LogP contribution in [0.25, 0.3) is 11.2 Å². The first kappa shape index (κ1) is 12.8. The van der Waals surface area contributed by atoms with Crippen LogP contribution in [0.1, 0.15) is 10.4 Å². The molecule has 2 heterocycles. The zero-order valence-electron chi connectivity index (χ0n) is 10.2. The molecule has 0 aliphatic rings. The van der Waals surface area contributed by atoms with Crippen molar-refractivity contribution in [1.29, 1.82) is 0 Å². The first-order valence-electron chi connectivity index (χ1n) is 5.88. The molecule has 0 atom stereocenters. The van der Waals surface area contributed by atoms with Crippen molar-refractivity contribution in [2.75, 3.05) is 0 Å².